The number of hydrogen-bond acceptors (Lipinski definition) is 0. The fourth-order valence-corrected chi connectivity index (χ4v) is 9.68. The second-order valence-corrected chi connectivity index (χ2v) is 13.6. The van der Waals surface area contributed by atoms with Crippen molar-refractivity contribution in [3.8, 4) is 0 Å². The van der Waals surface area contributed by atoms with Crippen molar-refractivity contribution in [1.29, 1.82) is 0 Å². The van der Waals surface area contributed by atoms with Crippen molar-refractivity contribution in [2.45, 2.75) is 118 Å². The van der Waals surface area contributed by atoms with Crippen LogP contribution in [-0.2, 0) is 0 Å². The number of hydrogen-bond donors (Lipinski definition) is 0. The summed E-state index contributed by atoms with van der Waals surface area (Å²) in [5, 5.41) is 0. The van der Waals surface area contributed by atoms with Gasteiger partial charge in [-0.1, -0.05) is 65.5 Å². The molecule has 5 rings (SSSR count). The lowest BCUT2D eigenvalue weighted by atomic mass is 9.46. The Morgan fingerprint density at radius 2 is 1.67 bits per heavy atom. The normalized spacial score (nSPS) is 46.7. The lowest BCUT2D eigenvalue weighted by Crippen LogP contribution is -2.50. The van der Waals surface area contributed by atoms with Gasteiger partial charge in [0.25, 0.3) is 0 Å². The summed E-state index contributed by atoms with van der Waals surface area (Å²) in [5.74, 6) is 8.00. The van der Waals surface area contributed by atoms with Gasteiger partial charge in [-0.2, -0.15) is 0 Å². The van der Waals surface area contributed by atoms with E-state index in [-0.39, 0.29) is 0 Å². The third-order valence-electron chi connectivity index (χ3n) is 11.6. The van der Waals surface area contributed by atoms with Crippen molar-refractivity contribution < 1.29 is 0 Å². The van der Waals surface area contributed by atoms with Crippen molar-refractivity contribution in [2.24, 2.45) is 58.2 Å². The molecule has 0 aromatic heterocycles. The van der Waals surface area contributed by atoms with Gasteiger partial charge in [-0.05, 0) is 122 Å². The van der Waals surface area contributed by atoms with Gasteiger partial charge >= 0.3 is 0 Å². The molecule has 0 amide bonds. The van der Waals surface area contributed by atoms with Gasteiger partial charge in [0.1, 0.15) is 0 Å². The van der Waals surface area contributed by atoms with Crippen LogP contribution in [0.5, 0.6) is 0 Å². The first-order valence-corrected chi connectivity index (χ1v) is 14.0. The van der Waals surface area contributed by atoms with Gasteiger partial charge in [-0.25, -0.2) is 0 Å². The third-order valence-corrected chi connectivity index (χ3v) is 11.6. The molecule has 4 fully saturated rings. The summed E-state index contributed by atoms with van der Waals surface area (Å²) in [6.07, 6.45) is 22.3. The Hall–Kier alpha value is -0.260. The molecule has 0 N–H and O–H groups in total. The first-order chi connectivity index (χ1) is 14.3. The molecule has 0 aromatic carbocycles. The SMILES string of the molecule is CC(C)CCC[C@@H](C)[C@H]1CCC2[C@@H]3CC=C4C[C@@H](C5CC5)CC[C@]4(C)C3CC[C@@]21C. The van der Waals surface area contributed by atoms with Crippen LogP contribution in [-0.4, -0.2) is 0 Å². The average Bonchev–Trinajstić information content (AvgIpc) is 3.48. The van der Waals surface area contributed by atoms with Gasteiger partial charge in [0.05, 0.1) is 0 Å². The maximum absolute atomic E-state index is 2.81. The molecule has 8 atom stereocenters. The molecular weight excluding hydrogens is 360 g/mol. The first-order valence-electron chi connectivity index (χ1n) is 14.0. The van der Waals surface area contributed by atoms with E-state index in [4.69, 9.17) is 0 Å². The van der Waals surface area contributed by atoms with Crippen LogP contribution in [0.1, 0.15) is 118 Å². The highest BCUT2D eigenvalue weighted by Crippen LogP contribution is 2.68. The highest BCUT2D eigenvalue weighted by molar-refractivity contribution is 5.25. The van der Waals surface area contributed by atoms with Crippen molar-refractivity contribution in [1.82, 2.24) is 0 Å². The Morgan fingerprint density at radius 1 is 0.867 bits per heavy atom. The zero-order valence-corrected chi connectivity index (χ0v) is 20.9. The maximum Gasteiger partial charge on any atom is -0.00851 e. The fourth-order valence-electron chi connectivity index (χ4n) is 9.68. The molecule has 0 heterocycles. The van der Waals surface area contributed by atoms with Gasteiger partial charge in [-0.3, -0.25) is 0 Å². The van der Waals surface area contributed by atoms with Crippen molar-refractivity contribution in [3.05, 3.63) is 11.6 Å². The van der Waals surface area contributed by atoms with E-state index in [1.54, 1.807) is 12.8 Å². The first kappa shape index (κ1) is 21.6. The molecule has 0 saturated heterocycles. The van der Waals surface area contributed by atoms with Crippen LogP contribution in [0, 0.1) is 58.2 Å². The van der Waals surface area contributed by atoms with E-state index in [1.165, 1.54) is 70.6 Å². The summed E-state index contributed by atoms with van der Waals surface area (Å²) < 4.78 is 0. The molecule has 0 spiro atoms. The molecule has 30 heavy (non-hydrogen) atoms. The van der Waals surface area contributed by atoms with E-state index in [0.29, 0.717) is 10.8 Å². The Morgan fingerprint density at radius 3 is 2.40 bits per heavy atom. The van der Waals surface area contributed by atoms with Crippen molar-refractivity contribution >= 4 is 0 Å². The largest absolute Gasteiger partial charge is 0.0845 e. The Balaban J connectivity index is 1.30. The van der Waals surface area contributed by atoms with E-state index >= 15 is 0 Å². The number of rotatable bonds is 6. The number of allylic oxidation sites excluding steroid dienone is 2. The molecule has 0 heteroatoms. The molecular formula is C30H50. The fraction of sp³-hybridized carbons (Fsp3) is 0.933. The number of fused-ring (bicyclic) bond motifs is 5. The van der Waals surface area contributed by atoms with Crippen LogP contribution in [0.15, 0.2) is 11.6 Å². The van der Waals surface area contributed by atoms with Gasteiger partial charge in [0.15, 0.2) is 0 Å². The molecule has 0 aliphatic heterocycles. The van der Waals surface area contributed by atoms with Crippen LogP contribution in [0.4, 0.5) is 0 Å². The smallest absolute Gasteiger partial charge is 0.00851 e. The molecule has 170 valence electrons. The van der Waals surface area contributed by atoms with Crippen LogP contribution in [0.3, 0.4) is 0 Å². The van der Waals surface area contributed by atoms with Crippen molar-refractivity contribution in [2.75, 3.05) is 0 Å². The standard InChI is InChI=1S/C30H50/c1-20(2)7-6-8-21(3)26-13-14-27-25-12-11-24-19-23(22-9-10-22)15-17-29(24,4)28(25)16-18-30(26,27)5/h11,20-23,25-28H,6-10,12-19H2,1-5H3/t21-,23+,25+,26-,27?,28?,29+,30-/m1/s1. The minimum atomic E-state index is 0.566. The average molecular weight is 411 g/mol. The summed E-state index contributed by atoms with van der Waals surface area (Å²) in [7, 11) is 0. The predicted octanol–water partition coefficient (Wildman–Crippen LogP) is 9.05. The molecule has 0 aromatic rings. The van der Waals surface area contributed by atoms with Crippen molar-refractivity contribution in [3.63, 3.8) is 0 Å². The van der Waals surface area contributed by atoms with Gasteiger partial charge in [-0.15, -0.1) is 0 Å². The summed E-state index contributed by atoms with van der Waals surface area (Å²) in [5.41, 5.74) is 3.13. The van der Waals surface area contributed by atoms with Crippen LogP contribution in [0.2, 0.25) is 0 Å². The minimum absolute atomic E-state index is 0.566. The summed E-state index contributed by atoms with van der Waals surface area (Å²) in [6.45, 7) is 12.9. The second kappa shape index (κ2) is 7.95. The molecule has 4 saturated carbocycles. The zero-order valence-electron chi connectivity index (χ0n) is 20.9. The third kappa shape index (κ3) is 3.55. The summed E-state index contributed by atoms with van der Waals surface area (Å²) >= 11 is 0. The van der Waals surface area contributed by atoms with E-state index in [2.05, 4.69) is 40.7 Å². The second-order valence-electron chi connectivity index (χ2n) is 13.6. The highest BCUT2D eigenvalue weighted by Gasteiger charge is 2.59. The summed E-state index contributed by atoms with van der Waals surface area (Å²) in [6, 6.07) is 0. The topological polar surface area (TPSA) is 0 Å². The lowest BCUT2D eigenvalue weighted by molar-refractivity contribution is -0.0532. The minimum Gasteiger partial charge on any atom is -0.0845 e. The molecule has 2 unspecified atom stereocenters. The Bertz CT molecular complexity index is 653. The highest BCUT2D eigenvalue weighted by atomic mass is 14.6. The Labute approximate surface area is 188 Å². The summed E-state index contributed by atoms with van der Waals surface area (Å²) in [4.78, 5) is 0. The lowest BCUT2D eigenvalue weighted by Gasteiger charge is -2.58. The van der Waals surface area contributed by atoms with E-state index in [1.807, 2.05) is 5.57 Å². The molecule has 5 aliphatic carbocycles. The monoisotopic (exact) mass is 410 g/mol. The van der Waals surface area contributed by atoms with Crippen LogP contribution in [0.25, 0.3) is 0 Å². The molecule has 5 aliphatic rings. The van der Waals surface area contributed by atoms with E-state index < -0.39 is 0 Å². The van der Waals surface area contributed by atoms with Gasteiger partial charge in [0.2, 0.25) is 0 Å². The van der Waals surface area contributed by atoms with Crippen LogP contribution >= 0.6 is 0 Å². The zero-order chi connectivity index (χ0) is 21.1. The van der Waals surface area contributed by atoms with E-state index in [0.717, 1.165) is 47.3 Å². The maximum atomic E-state index is 2.81. The predicted molar refractivity (Wildman–Crippen MR) is 129 cm³/mol. The van der Waals surface area contributed by atoms with Gasteiger partial charge in [0, 0.05) is 0 Å². The Kier molecular flexibility index (Phi) is 5.72. The molecule has 0 nitrogen and oxygen atoms in total. The van der Waals surface area contributed by atoms with E-state index in [9.17, 15) is 0 Å². The molecule has 0 bridgehead atoms. The molecule has 0 radical (unpaired) electrons. The quantitative estimate of drug-likeness (QED) is 0.383. The van der Waals surface area contributed by atoms with Crippen LogP contribution < -0.4 is 0 Å². The van der Waals surface area contributed by atoms with Gasteiger partial charge < -0.3 is 0 Å².